The first-order valence-electron chi connectivity index (χ1n) is 9.66. The molecule has 1 saturated heterocycles. The molecule has 0 aromatic carbocycles. The van der Waals surface area contributed by atoms with E-state index in [1.165, 1.54) is 11.8 Å². The van der Waals surface area contributed by atoms with Crippen LogP contribution in [0.25, 0.3) is 0 Å². The quantitative estimate of drug-likeness (QED) is 0.705. The number of likely N-dealkylation sites (N-methyl/N-ethyl adjacent to an activating group) is 1. The van der Waals surface area contributed by atoms with Crippen molar-refractivity contribution in [1.82, 2.24) is 14.5 Å². The highest BCUT2D eigenvalue weighted by Gasteiger charge is 2.33. The number of hydrogen-bond acceptors (Lipinski definition) is 4. The molecule has 1 aliphatic heterocycles. The van der Waals surface area contributed by atoms with Crippen molar-refractivity contribution < 1.29 is 13.2 Å². The maximum absolute atomic E-state index is 12.7. The van der Waals surface area contributed by atoms with E-state index in [-0.39, 0.29) is 17.7 Å². The summed E-state index contributed by atoms with van der Waals surface area (Å²) in [5, 5.41) is 0. The third kappa shape index (κ3) is 6.06. The topological polar surface area (TPSA) is 69.7 Å². The Labute approximate surface area is 159 Å². The number of nitrogens with zero attached hydrogens (tertiary/aromatic N) is 2. The third-order valence-corrected chi connectivity index (χ3v) is 6.63. The average Bonchev–Trinajstić information content (AvgIpc) is 2.54. The van der Waals surface area contributed by atoms with Crippen molar-refractivity contribution in [3.05, 3.63) is 11.6 Å². The standard InChI is InChI=1S/C19H35N3O3S/c1-14(2)18-11-16(12-19(23)22-8-6-21(4)7-9-22)15(3)10-17(18)13-20-26(5,24)25/h10,14,16-18,20H,6-9,11-13H2,1-5H3/t16-,17-,18-/m0/s1. The molecule has 1 fully saturated rings. The van der Waals surface area contributed by atoms with Crippen LogP contribution in [-0.2, 0) is 14.8 Å². The summed E-state index contributed by atoms with van der Waals surface area (Å²) in [7, 11) is -1.09. The first-order valence-corrected chi connectivity index (χ1v) is 11.5. The van der Waals surface area contributed by atoms with Crippen LogP contribution in [0.4, 0.5) is 0 Å². The van der Waals surface area contributed by atoms with Crippen LogP contribution in [0.1, 0.15) is 33.6 Å². The van der Waals surface area contributed by atoms with Crippen LogP contribution >= 0.6 is 0 Å². The number of hydrogen-bond donors (Lipinski definition) is 1. The monoisotopic (exact) mass is 385 g/mol. The first kappa shape index (κ1) is 21.4. The Morgan fingerprint density at radius 2 is 1.88 bits per heavy atom. The van der Waals surface area contributed by atoms with E-state index >= 15 is 0 Å². The number of allylic oxidation sites excluding steroid dienone is 1. The van der Waals surface area contributed by atoms with Gasteiger partial charge in [0.1, 0.15) is 0 Å². The van der Waals surface area contributed by atoms with Gasteiger partial charge in [-0.2, -0.15) is 0 Å². The van der Waals surface area contributed by atoms with E-state index in [4.69, 9.17) is 0 Å². The second-order valence-electron chi connectivity index (χ2n) is 8.42. The lowest BCUT2D eigenvalue weighted by Crippen LogP contribution is -2.47. The molecule has 2 rings (SSSR count). The van der Waals surface area contributed by atoms with Crippen LogP contribution in [0, 0.1) is 23.7 Å². The summed E-state index contributed by atoms with van der Waals surface area (Å²) in [6, 6.07) is 0. The minimum atomic E-state index is -3.19. The van der Waals surface area contributed by atoms with Crippen LogP contribution in [0.5, 0.6) is 0 Å². The lowest BCUT2D eigenvalue weighted by molar-refractivity contribution is -0.133. The van der Waals surface area contributed by atoms with Crippen molar-refractivity contribution in [3.8, 4) is 0 Å². The summed E-state index contributed by atoms with van der Waals surface area (Å²) in [6.45, 7) is 10.4. The lowest BCUT2D eigenvalue weighted by Gasteiger charge is -2.38. The molecule has 0 aromatic rings. The summed E-state index contributed by atoms with van der Waals surface area (Å²) >= 11 is 0. The van der Waals surface area contributed by atoms with Gasteiger partial charge in [0.05, 0.1) is 6.26 Å². The molecule has 6 nitrogen and oxygen atoms in total. The Kier molecular flexibility index (Phi) is 7.27. The smallest absolute Gasteiger partial charge is 0.223 e. The van der Waals surface area contributed by atoms with Crippen LogP contribution in [0.15, 0.2) is 11.6 Å². The van der Waals surface area contributed by atoms with Crippen molar-refractivity contribution in [2.45, 2.75) is 33.6 Å². The van der Waals surface area contributed by atoms with Gasteiger partial charge in [0.2, 0.25) is 15.9 Å². The highest BCUT2D eigenvalue weighted by atomic mass is 32.2. The van der Waals surface area contributed by atoms with Gasteiger partial charge in [-0.05, 0) is 44.1 Å². The Morgan fingerprint density at radius 3 is 2.42 bits per heavy atom. The highest BCUT2D eigenvalue weighted by Crippen LogP contribution is 2.39. The first-order chi connectivity index (χ1) is 12.1. The van der Waals surface area contributed by atoms with Gasteiger partial charge in [-0.3, -0.25) is 4.79 Å². The Morgan fingerprint density at radius 1 is 1.27 bits per heavy atom. The predicted octanol–water partition coefficient (Wildman–Crippen LogP) is 1.55. The number of amides is 1. The van der Waals surface area contributed by atoms with Gasteiger partial charge in [0.25, 0.3) is 0 Å². The largest absolute Gasteiger partial charge is 0.340 e. The molecule has 0 bridgehead atoms. The number of carbonyl (C=O) groups is 1. The summed E-state index contributed by atoms with van der Waals surface area (Å²) in [6.07, 6.45) is 4.93. The zero-order valence-corrected chi connectivity index (χ0v) is 17.7. The molecule has 0 radical (unpaired) electrons. The van der Waals surface area contributed by atoms with E-state index in [9.17, 15) is 13.2 Å². The second kappa shape index (κ2) is 8.85. The van der Waals surface area contributed by atoms with Crippen LogP contribution in [0.3, 0.4) is 0 Å². The van der Waals surface area contributed by atoms with E-state index in [1.807, 2.05) is 4.90 Å². The number of rotatable bonds is 6. The van der Waals surface area contributed by atoms with Crippen molar-refractivity contribution >= 4 is 15.9 Å². The summed E-state index contributed by atoms with van der Waals surface area (Å²) in [5.74, 6) is 1.56. The summed E-state index contributed by atoms with van der Waals surface area (Å²) in [4.78, 5) is 17.0. The minimum Gasteiger partial charge on any atom is -0.340 e. The van der Waals surface area contributed by atoms with E-state index in [0.717, 1.165) is 32.6 Å². The zero-order valence-electron chi connectivity index (χ0n) is 16.9. The molecule has 150 valence electrons. The Balaban J connectivity index is 2.02. The molecule has 0 aromatic heterocycles. The number of sulfonamides is 1. The van der Waals surface area contributed by atoms with Gasteiger partial charge in [0.15, 0.2) is 0 Å². The molecule has 26 heavy (non-hydrogen) atoms. The molecular weight excluding hydrogens is 350 g/mol. The minimum absolute atomic E-state index is 0.194. The fourth-order valence-corrected chi connectivity index (χ4v) is 4.65. The molecule has 0 spiro atoms. The van der Waals surface area contributed by atoms with Crippen molar-refractivity contribution in [3.63, 3.8) is 0 Å². The third-order valence-electron chi connectivity index (χ3n) is 5.94. The van der Waals surface area contributed by atoms with E-state index in [2.05, 4.69) is 43.5 Å². The summed E-state index contributed by atoms with van der Waals surface area (Å²) < 4.78 is 25.6. The lowest BCUT2D eigenvalue weighted by atomic mass is 9.70. The SMILES string of the molecule is CC1=C[C@@H](CNS(C)(=O)=O)[C@H](C(C)C)C[C@H]1CC(=O)N1CCN(C)CC1. The maximum atomic E-state index is 12.7. The average molecular weight is 386 g/mol. The Hall–Kier alpha value is -0.920. The maximum Gasteiger partial charge on any atom is 0.223 e. The second-order valence-corrected chi connectivity index (χ2v) is 10.3. The van der Waals surface area contributed by atoms with Crippen LogP contribution in [0.2, 0.25) is 0 Å². The normalized spacial score (nSPS) is 28.3. The fraction of sp³-hybridized carbons (Fsp3) is 0.842. The molecule has 0 unspecified atom stereocenters. The van der Waals surface area contributed by atoms with Crippen LogP contribution < -0.4 is 4.72 Å². The van der Waals surface area contributed by atoms with Gasteiger partial charge in [-0.1, -0.05) is 25.5 Å². The van der Waals surface area contributed by atoms with E-state index < -0.39 is 10.0 Å². The molecule has 7 heteroatoms. The van der Waals surface area contributed by atoms with Gasteiger partial charge < -0.3 is 9.80 Å². The molecule has 0 saturated carbocycles. The molecule has 1 aliphatic carbocycles. The van der Waals surface area contributed by atoms with Crippen molar-refractivity contribution in [2.24, 2.45) is 23.7 Å². The number of piperazine rings is 1. The van der Waals surface area contributed by atoms with Gasteiger partial charge in [-0.15, -0.1) is 0 Å². The van der Waals surface area contributed by atoms with E-state index in [1.54, 1.807) is 0 Å². The van der Waals surface area contributed by atoms with Crippen LogP contribution in [-0.4, -0.2) is 70.2 Å². The van der Waals surface area contributed by atoms with Crippen molar-refractivity contribution in [1.29, 1.82) is 0 Å². The molecule has 2 aliphatic rings. The number of nitrogens with one attached hydrogen (secondary N) is 1. The zero-order chi connectivity index (χ0) is 19.5. The Bertz CT molecular complexity index is 622. The fourth-order valence-electron chi connectivity index (χ4n) is 4.15. The number of carbonyl (C=O) groups excluding carboxylic acids is 1. The highest BCUT2D eigenvalue weighted by molar-refractivity contribution is 7.88. The molecule has 1 N–H and O–H groups in total. The predicted molar refractivity (Wildman–Crippen MR) is 105 cm³/mol. The van der Waals surface area contributed by atoms with Crippen molar-refractivity contribution in [2.75, 3.05) is 46.0 Å². The van der Waals surface area contributed by atoms with E-state index in [0.29, 0.717) is 24.8 Å². The molecule has 1 heterocycles. The molecule has 3 atom stereocenters. The molecular formula is C19H35N3O3S. The molecule has 1 amide bonds. The summed E-state index contributed by atoms with van der Waals surface area (Å²) in [5.41, 5.74) is 1.23. The van der Waals surface area contributed by atoms with Gasteiger partial charge in [-0.25, -0.2) is 13.1 Å². The van der Waals surface area contributed by atoms with Gasteiger partial charge >= 0.3 is 0 Å². The van der Waals surface area contributed by atoms with Gasteiger partial charge in [0, 0.05) is 39.1 Å².